The summed E-state index contributed by atoms with van der Waals surface area (Å²) >= 11 is 0. The molecule has 1 heterocycles. The molecule has 0 aromatic rings. The fourth-order valence-electron chi connectivity index (χ4n) is 1.31. The van der Waals surface area contributed by atoms with Crippen LogP contribution >= 0.6 is 0 Å². The van der Waals surface area contributed by atoms with Crippen LogP contribution in [0.2, 0.25) is 0 Å². The first-order valence-corrected chi connectivity index (χ1v) is 4.32. The lowest BCUT2D eigenvalue weighted by atomic mass is 10.3. The van der Waals surface area contributed by atoms with E-state index < -0.39 is 0 Å². The molecule has 2 N–H and O–H groups in total. The minimum atomic E-state index is -0.0952. The highest BCUT2D eigenvalue weighted by molar-refractivity contribution is 5.69. The van der Waals surface area contributed by atoms with Crippen LogP contribution in [0.5, 0.6) is 0 Å². The van der Waals surface area contributed by atoms with Gasteiger partial charge < -0.3 is 10.5 Å². The summed E-state index contributed by atoms with van der Waals surface area (Å²) in [7, 11) is 0. The number of hydrogen-bond donors (Lipinski definition) is 1. The second-order valence-electron chi connectivity index (χ2n) is 3.25. The Morgan fingerprint density at radius 2 is 2.42 bits per heavy atom. The van der Waals surface area contributed by atoms with Crippen molar-refractivity contribution in [1.29, 1.82) is 0 Å². The minimum absolute atomic E-state index is 0.0952. The third kappa shape index (κ3) is 3.19. The van der Waals surface area contributed by atoms with E-state index in [2.05, 4.69) is 4.90 Å². The van der Waals surface area contributed by atoms with Crippen molar-refractivity contribution in [3.63, 3.8) is 0 Å². The number of hydrogen-bond acceptors (Lipinski definition) is 4. The van der Waals surface area contributed by atoms with Gasteiger partial charge in [0.05, 0.1) is 6.42 Å². The van der Waals surface area contributed by atoms with Gasteiger partial charge in [-0.1, -0.05) is 0 Å². The van der Waals surface area contributed by atoms with Crippen molar-refractivity contribution in [3.05, 3.63) is 0 Å². The van der Waals surface area contributed by atoms with Crippen LogP contribution in [0.3, 0.4) is 0 Å². The van der Waals surface area contributed by atoms with Crippen molar-refractivity contribution in [2.75, 3.05) is 26.2 Å². The molecule has 4 nitrogen and oxygen atoms in total. The second-order valence-corrected chi connectivity index (χ2v) is 3.25. The highest BCUT2D eigenvalue weighted by Gasteiger charge is 2.14. The third-order valence-electron chi connectivity index (χ3n) is 1.85. The van der Waals surface area contributed by atoms with E-state index in [0.717, 1.165) is 19.6 Å². The van der Waals surface area contributed by atoms with Crippen molar-refractivity contribution in [2.24, 2.45) is 5.73 Å². The van der Waals surface area contributed by atoms with Gasteiger partial charge in [-0.05, 0) is 6.92 Å². The van der Waals surface area contributed by atoms with Gasteiger partial charge in [0.1, 0.15) is 6.61 Å². The van der Waals surface area contributed by atoms with Crippen molar-refractivity contribution >= 4 is 5.97 Å². The highest BCUT2D eigenvalue weighted by Crippen LogP contribution is 2.00. The van der Waals surface area contributed by atoms with E-state index >= 15 is 0 Å². The summed E-state index contributed by atoms with van der Waals surface area (Å²) in [6.45, 7) is 4.91. The van der Waals surface area contributed by atoms with Gasteiger partial charge >= 0.3 is 5.97 Å². The van der Waals surface area contributed by atoms with Crippen LogP contribution in [0.1, 0.15) is 13.3 Å². The van der Waals surface area contributed by atoms with E-state index in [1.807, 2.05) is 6.92 Å². The molecular weight excluding hydrogens is 156 g/mol. The number of esters is 1. The van der Waals surface area contributed by atoms with Crippen LogP contribution in [0.15, 0.2) is 0 Å². The summed E-state index contributed by atoms with van der Waals surface area (Å²) in [5, 5.41) is 0. The molecule has 1 unspecified atom stereocenters. The van der Waals surface area contributed by atoms with Crippen LogP contribution in [0.4, 0.5) is 0 Å². The summed E-state index contributed by atoms with van der Waals surface area (Å²) in [6, 6.07) is 0.165. The number of cyclic esters (lactones) is 1. The summed E-state index contributed by atoms with van der Waals surface area (Å²) in [4.78, 5) is 13.0. The Morgan fingerprint density at radius 1 is 1.67 bits per heavy atom. The van der Waals surface area contributed by atoms with Crippen molar-refractivity contribution in [1.82, 2.24) is 4.90 Å². The van der Waals surface area contributed by atoms with Crippen molar-refractivity contribution < 1.29 is 9.53 Å². The molecule has 1 rings (SSSR count). The molecule has 4 heteroatoms. The Kier molecular flexibility index (Phi) is 3.49. The summed E-state index contributed by atoms with van der Waals surface area (Å²) < 4.78 is 4.89. The fourth-order valence-corrected chi connectivity index (χ4v) is 1.31. The molecule has 70 valence electrons. The van der Waals surface area contributed by atoms with E-state index in [0.29, 0.717) is 13.0 Å². The third-order valence-corrected chi connectivity index (χ3v) is 1.85. The lowest BCUT2D eigenvalue weighted by molar-refractivity contribution is -0.142. The van der Waals surface area contributed by atoms with Gasteiger partial charge in [-0.15, -0.1) is 0 Å². The second kappa shape index (κ2) is 4.42. The van der Waals surface area contributed by atoms with Gasteiger partial charge in [-0.25, -0.2) is 0 Å². The smallest absolute Gasteiger partial charge is 0.307 e. The van der Waals surface area contributed by atoms with Crippen LogP contribution in [-0.2, 0) is 9.53 Å². The zero-order chi connectivity index (χ0) is 8.97. The molecule has 0 aliphatic carbocycles. The lowest BCUT2D eigenvalue weighted by Gasteiger charge is -2.20. The molecule has 0 spiro atoms. The Balaban J connectivity index is 2.30. The van der Waals surface area contributed by atoms with E-state index in [1.54, 1.807) is 0 Å². The highest BCUT2D eigenvalue weighted by atomic mass is 16.5. The Labute approximate surface area is 72.7 Å². The number of rotatable bonds is 2. The van der Waals surface area contributed by atoms with Gasteiger partial charge in [0.25, 0.3) is 0 Å². The normalized spacial score (nSPS) is 23.0. The van der Waals surface area contributed by atoms with Crippen molar-refractivity contribution in [3.8, 4) is 0 Å². The average Bonchev–Trinajstić information content (AvgIpc) is 2.15. The van der Waals surface area contributed by atoms with Gasteiger partial charge in [-0.2, -0.15) is 0 Å². The maximum Gasteiger partial charge on any atom is 0.307 e. The SMILES string of the molecule is CC(N)CN1CCOC(=O)CC1. The largest absolute Gasteiger partial charge is 0.464 e. The monoisotopic (exact) mass is 172 g/mol. The molecular formula is C8H16N2O2. The van der Waals surface area contributed by atoms with Gasteiger partial charge in [0.15, 0.2) is 0 Å². The van der Waals surface area contributed by atoms with E-state index in [1.165, 1.54) is 0 Å². The Bertz CT molecular complexity index is 159. The van der Waals surface area contributed by atoms with Crippen LogP contribution in [-0.4, -0.2) is 43.2 Å². The quantitative estimate of drug-likeness (QED) is 0.575. The molecule has 1 aliphatic heterocycles. The number of carbonyl (C=O) groups excluding carboxylic acids is 1. The first kappa shape index (κ1) is 9.48. The van der Waals surface area contributed by atoms with Gasteiger partial charge in [-0.3, -0.25) is 9.69 Å². The molecule has 0 aromatic carbocycles. The molecule has 1 fully saturated rings. The zero-order valence-electron chi connectivity index (χ0n) is 7.45. The number of nitrogens with two attached hydrogens (primary N) is 1. The molecule has 0 amide bonds. The van der Waals surface area contributed by atoms with Crippen molar-refractivity contribution in [2.45, 2.75) is 19.4 Å². The predicted molar refractivity (Wildman–Crippen MR) is 45.7 cm³/mol. The minimum Gasteiger partial charge on any atom is -0.464 e. The van der Waals surface area contributed by atoms with E-state index in [-0.39, 0.29) is 12.0 Å². The number of ether oxygens (including phenoxy) is 1. The number of carbonyl (C=O) groups is 1. The summed E-state index contributed by atoms with van der Waals surface area (Å²) in [5.41, 5.74) is 5.64. The van der Waals surface area contributed by atoms with E-state index in [9.17, 15) is 4.79 Å². The maximum atomic E-state index is 10.8. The average molecular weight is 172 g/mol. The molecule has 1 aliphatic rings. The van der Waals surface area contributed by atoms with E-state index in [4.69, 9.17) is 10.5 Å². The zero-order valence-corrected chi connectivity index (χ0v) is 7.45. The van der Waals surface area contributed by atoms with Crippen LogP contribution in [0.25, 0.3) is 0 Å². The topological polar surface area (TPSA) is 55.6 Å². The fraction of sp³-hybridized carbons (Fsp3) is 0.875. The molecule has 1 atom stereocenters. The summed E-state index contributed by atoms with van der Waals surface area (Å²) in [5.74, 6) is -0.0952. The number of nitrogens with zero attached hydrogens (tertiary/aromatic N) is 1. The first-order valence-electron chi connectivity index (χ1n) is 4.32. The van der Waals surface area contributed by atoms with Gasteiger partial charge in [0, 0.05) is 25.7 Å². The standard InChI is InChI=1S/C8H16N2O2/c1-7(9)6-10-3-2-8(11)12-5-4-10/h7H,2-6,9H2,1H3. The Morgan fingerprint density at radius 3 is 3.08 bits per heavy atom. The first-order chi connectivity index (χ1) is 5.68. The summed E-state index contributed by atoms with van der Waals surface area (Å²) in [6.07, 6.45) is 0.493. The molecule has 12 heavy (non-hydrogen) atoms. The van der Waals surface area contributed by atoms with Crippen LogP contribution < -0.4 is 5.73 Å². The molecule has 0 saturated carbocycles. The molecule has 0 radical (unpaired) electrons. The Hall–Kier alpha value is -0.610. The molecule has 0 bridgehead atoms. The molecule has 1 saturated heterocycles. The van der Waals surface area contributed by atoms with Gasteiger partial charge in [0.2, 0.25) is 0 Å². The maximum absolute atomic E-state index is 10.8. The predicted octanol–water partition coefficient (Wildman–Crippen LogP) is -0.417. The van der Waals surface area contributed by atoms with Crippen LogP contribution in [0, 0.1) is 0 Å². The lowest BCUT2D eigenvalue weighted by Crippen LogP contribution is -2.37. The molecule has 0 aromatic heterocycles.